The molecule has 30 heavy (non-hydrogen) atoms. The first-order valence-electron chi connectivity index (χ1n) is 10.4. The number of anilines is 2. The molecule has 2 aliphatic rings. The fourth-order valence-electron chi connectivity index (χ4n) is 3.92. The Balaban J connectivity index is 1.30. The monoisotopic (exact) mass is 446 g/mol. The topological polar surface area (TPSA) is 48.9 Å². The predicted molar refractivity (Wildman–Crippen MR) is 121 cm³/mol. The molecule has 0 radical (unpaired) electrons. The van der Waals surface area contributed by atoms with Crippen LogP contribution in [0.15, 0.2) is 46.3 Å². The van der Waals surface area contributed by atoms with Crippen LogP contribution in [0.3, 0.4) is 0 Å². The lowest BCUT2D eigenvalue weighted by molar-refractivity contribution is -0.141. The summed E-state index contributed by atoms with van der Waals surface area (Å²) in [6, 6.07) is 10.5. The van der Waals surface area contributed by atoms with Crippen LogP contribution in [0.2, 0.25) is 5.02 Å². The highest BCUT2D eigenvalue weighted by atomic mass is 35.5. The molecule has 2 aromatic rings. The number of pyridine rings is 1. The van der Waals surface area contributed by atoms with Crippen molar-refractivity contribution in [1.82, 2.24) is 14.8 Å². The van der Waals surface area contributed by atoms with E-state index < -0.39 is 0 Å². The van der Waals surface area contributed by atoms with Gasteiger partial charge in [0.05, 0.1) is 15.6 Å². The van der Waals surface area contributed by atoms with Gasteiger partial charge in [0.2, 0.25) is 0 Å². The number of hydrogen-bond donors (Lipinski definition) is 0. The first kappa shape index (κ1) is 21.4. The Hall–Kier alpha value is -1.80. The van der Waals surface area contributed by atoms with Crippen molar-refractivity contribution in [2.24, 2.45) is 0 Å². The highest BCUT2D eigenvalue weighted by Gasteiger charge is 2.25. The van der Waals surface area contributed by atoms with Crippen LogP contribution in [0.4, 0.5) is 11.5 Å². The lowest BCUT2D eigenvalue weighted by Gasteiger charge is -2.35. The standard InChI is InChI=1S/C22H27ClN4O2S/c1-17(28)29-14-13-26-11-9-25(10-12-26)7-4-8-27-19-5-2-3-6-20(19)30-21-15-18(23)16-24-22(21)27/h2-3,5-6,15-16H,4,7-14H2,1H3. The van der Waals surface area contributed by atoms with Crippen LogP contribution in [-0.2, 0) is 9.53 Å². The number of nitrogens with zero attached hydrogens (tertiary/aromatic N) is 4. The van der Waals surface area contributed by atoms with Gasteiger partial charge in [0, 0.05) is 57.3 Å². The van der Waals surface area contributed by atoms with Gasteiger partial charge < -0.3 is 14.5 Å². The smallest absolute Gasteiger partial charge is 0.302 e. The zero-order chi connectivity index (χ0) is 20.9. The number of carbonyl (C=O) groups excluding carboxylic acids is 1. The van der Waals surface area contributed by atoms with Crippen molar-refractivity contribution in [2.75, 3.05) is 57.3 Å². The fraction of sp³-hybridized carbons (Fsp3) is 0.455. The predicted octanol–water partition coefficient (Wildman–Crippen LogP) is 3.91. The summed E-state index contributed by atoms with van der Waals surface area (Å²) in [6.45, 7) is 8.89. The molecule has 1 aromatic carbocycles. The highest BCUT2D eigenvalue weighted by molar-refractivity contribution is 7.99. The maximum absolute atomic E-state index is 10.9. The number of halogens is 1. The molecule has 2 aliphatic heterocycles. The van der Waals surface area contributed by atoms with Gasteiger partial charge in [0.25, 0.3) is 0 Å². The van der Waals surface area contributed by atoms with Gasteiger partial charge in [-0.1, -0.05) is 35.5 Å². The minimum absolute atomic E-state index is 0.204. The van der Waals surface area contributed by atoms with Crippen LogP contribution in [0, 0.1) is 0 Å². The van der Waals surface area contributed by atoms with Crippen LogP contribution in [0.5, 0.6) is 0 Å². The second-order valence-corrected chi connectivity index (χ2v) is 9.09. The molecule has 0 atom stereocenters. The van der Waals surface area contributed by atoms with Gasteiger partial charge in [-0.2, -0.15) is 0 Å². The number of aromatic nitrogens is 1. The van der Waals surface area contributed by atoms with Crippen LogP contribution in [-0.4, -0.2) is 73.2 Å². The quantitative estimate of drug-likeness (QED) is 0.597. The molecule has 4 rings (SSSR count). The third-order valence-corrected chi connectivity index (χ3v) is 6.76. The van der Waals surface area contributed by atoms with Crippen LogP contribution in [0.1, 0.15) is 13.3 Å². The van der Waals surface area contributed by atoms with Gasteiger partial charge in [0.1, 0.15) is 12.4 Å². The summed E-state index contributed by atoms with van der Waals surface area (Å²) in [7, 11) is 0. The molecule has 1 aromatic heterocycles. The molecule has 0 unspecified atom stereocenters. The van der Waals surface area contributed by atoms with Gasteiger partial charge in [-0.05, 0) is 31.2 Å². The van der Waals surface area contributed by atoms with Crippen molar-refractivity contribution in [3.63, 3.8) is 0 Å². The molecular weight excluding hydrogens is 420 g/mol. The maximum Gasteiger partial charge on any atom is 0.302 e. The van der Waals surface area contributed by atoms with E-state index in [9.17, 15) is 4.79 Å². The number of esters is 1. The Morgan fingerprint density at radius 2 is 1.83 bits per heavy atom. The normalized spacial score (nSPS) is 16.8. The molecule has 1 saturated heterocycles. The van der Waals surface area contributed by atoms with E-state index in [0.29, 0.717) is 11.6 Å². The van der Waals surface area contributed by atoms with E-state index in [1.54, 1.807) is 18.0 Å². The molecule has 160 valence electrons. The number of carbonyl (C=O) groups is 1. The van der Waals surface area contributed by atoms with Crippen molar-refractivity contribution in [3.05, 3.63) is 41.6 Å². The number of rotatable bonds is 7. The number of para-hydroxylation sites is 1. The Kier molecular flexibility index (Phi) is 7.15. The molecular formula is C22H27ClN4O2S. The lowest BCUT2D eigenvalue weighted by atomic mass is 10.2. The molecule has 0 amide bonds. The van der Waals surface area contributed by atoms with Crippen molar-refractivity contribution in [1.29, 1.82) is 0 Å². The molecule has 3 heterocycles. The van der Waals surface area contributed by atoms with Crippen molar-refractivity contribution >= 4 is 40.8 Å². The largest absolute Gasteiger partial charge is 0.465 e. The maximum atomic E-state index is 10.9. The minimum atomic E-state index is -0.204. The third kappa shape index (κ3) is 5.27. The van der Waals surface area contributed by atoms with E-state index in [1.165, 1.54) is 17.5 Å². The molecule has 0 bridgehead atoms. The Morgan fingerprint density at radius 1 is 1.10 bits per heavy atom. The van der Waals surface area contributed by atoms with Gasteiger partial charge >= 0.3 is 5.97 Å². The van der Waals surface area contributed by atoms with Crippen LogP contribution >= 0.6 is 23.4 Å². The molecule has 0 N–H and O–H groups in total. The van der Waals surface area contributed by atoms with Crippen LogP contribution < -0.4 is 4.90 Å². The lowest BCUT2D eigenvalue weighted by Crippen LogP contribution is -2.47. The third-order valence-electron chi connectivity index (χ3n) is 5.46. The number of piperazine rings is 1. The van der Waals surface area contributed by atoms with E-state index in [2.05, 4.69) is 43.9 Å². The zero-order valence-corrected chi connectivity index (χ0v) is 18.8. The molecule has 0 spiro atoms. The summed E-state index contributed by atoms with van der Waals surface area (Å²) in [5.41, 5.74) is 1.22. The average molecular weight is 447 g/mol. The van der Waals surface area contributed by atoms with Crippen molar-refractivity contribution in [2.45, 2.75) is 23.1 Å². The minimum Gasteiger partial charge on any atom is -0.465 e. The van der Waals surface area contributed by atoms with Gasteiger partial charge in [0.15, 0.2) is 0 Å². The number of benzene rings is 1. The van der Waals surface area contributed by atoms with E-state index in [0.717, 1.165) is 62.9 Å². The van der Waals surface area contributed by atoms with E-state index in [-0.39, 0.29) is 5.97 Å². The highest BCUT2D eigenvalue weighted by Crippen LogP contribution is 2.47. The summed E-state index contributed by atoms with van der Waals surface area (Å²) in [5.74, 6) is 0.794. The molecule has 8 heteroatoms. The molecule has 6 nitrogen and oxygen atoms in total. The summed E-state index contributed by atoms with van der Waals surface area (Å²) >= 11 is 7.92. The molecule has 0 saturated carbocycles. The van der Waals surface area contributed by atoms with Crippen molar-refractivity contribution < 1.29 is 9.53 Å². The fourth-order valence-corrected chi connectivity index (χ4v) is 5.25. The average Bonchev–Trinajstić information content (AvgIpc) is 2.74. The van der Waals surface area contributed by atoms with Gasteiger partial charge in [-0.3, -0.25) is 9.69 Å². The van der Waals surface area contributed by atoms with Gasteiger partial charge in [-0.25, -0.2) is 4.98 Å². The number of ether oxygens (including phenoxy) is 1. The molecule has 0 aliphatic carbocycles. The first-order valence-corrected chi connectivity index (χ1v) is 11.6. The SMILES string of the molecule is CC(=O)OCCN1CCN(CCCN2c3ccccc3Sc3cc(Cl)cnc32)CC1. The van der Waals surface area contributed by atoms with E-state index >= 15 is 0 Å². The Morgan fingerprint density at radius 3 is 2.60 bits per heavy atom. The zero-order valence-electron chi connectivity index (χ0n) is 17.2. The Bertz CT molecular complexity index is 889. The van der Waals surface area contributed by atoms with E-state index in [1.807, 2.05) is 6.07 Å². The number of hydrogen-bond acceptors (Lipinski definition) is 7. The van der Waals surface area contributed by atoms with Crippen LogP contribution in [0.25, 0.3) is 0 Å². The molecule has 1 fully saturated rings. The summed E-state index contributed by atoms with van der Waals surface area (Å²) < 4.78 is 5.05. The second-order valence-electron chi connectivity index (χ2n) is 7.57. The first-order chi connectivity index (χ1) is 14.6. The Labute approximate surface area is 187 Å². The van der Waals surface area contributed by atoms with Crippen molar-refractivity contribution in [3.8, 4) is 0 Å². The second kappa shape index (κ2) is 10.0. The summed E-state index contributed by atoms with van der Waals surface area (Å²) in [5, 5.41) is 0.673. The van der Waals surface area contributed by atoms with Gasteiger partial charge in [-0.15, -0.1) is 0 Å². The van der Waals surface area contributed by atoms with E-state index in [4.69, 9.17) is 16.3 Å². The summed E-state index contributed by atoms with van der Waals surface area (Å²) in [4.78, 5) is 25.1. The summed E-state index contributed by atoms with van der Waals surface area (Å²) in [6.07, 6.45) is 2.80. The number of fused-ring (bicyclic) bond motifs is 2.